The summed E-state index contributed by atoms with van der Waals surface area (Å²) in [6, 6.07) is 0. The Kier molecular flexibility index (Phi) is 44.6. The number of esters is 3. The van der Waals surface area contributed by atoms with Crippen LogP contribution in [0, 0.1) is 0 Å². The quantitative estimate of drug-likeness (QED) is 0.0264. The minimum Gasteiger partial charge on any atom is -0.462 e. The zero-order valence-corrected chi connectivity index (χ0v) is 38.4. The summed E-state index contributed by atoms with van der Waals surface area (Å²) in [4.78, 5) is 37.7. The standard InChI is InChI=1S/C54H86O6/c1-4-7-10-13-16-19-21-23-25-27-29-30-32-35-38-41-44-47-53(56)59-50-51(49-58-52(55)46-43-40-37-34-18-15-12-9-6-3)60-54(57)48-45-42-39-36-33-31-28-26-24-22-20-17-14-11-8-5-2/h8,11,17,20,23-26,29-31,33-35,37-39,42,51H,4-7,9-10,12-16,18-19,21-22,27-28,32,36,40-41,43-50H2,1-3H3/b11-8-,20-17-,25-23-,26-24-,30-29-,33-31-,37-34-,38-35-,42-39-. The van der Waals surface area contributed by atoms with Crippen molar-refractivity contribution in [3.8, 4) is 0 Å². The lowest BCUT2D eigenvalue weighted by Gasteiger charge is -2.18. The molecule has 0 radical (unpaired) electrons. The molecule has 1 atom stereocenters. The van der Waals surface area contributed by atoms with E-state index in [2.05, 4.69) is 118 Å². The van der Waals surface area contributed by atoms with Crippen molar-refractivity contribution in [2.45, 2.75) is 200 Å². The van der Waals surface area contributed by atoms with Crippen LogP contribution in [-0.4, -0.2) is 37.2 Å². The van der Waals surface area contributed by atoms with Gasteiger partial charge >= 0.3 is 17.9 Å². The maximum atomic E-state index is 12.7. The molecule has 6 heteroatoms. The average Bonchev–Trinajstić information content (AvgIpc) is 3.24. The molecular formula is C54H86O6. The van der Waals surface area contributed by atoms with Gasteiger partial charge in [0.25, 0.3) is 0 Å². The van der Waals surface area contributed by atoms with Gasteiger partial charge in [-0.15, -0.1) is 0 Å². The molecular weight excluding hydrogens is 745 g/mol. The van der Waals surface area contributed by atoms with Crippen LogP contribution in [0.4, 0.5) is 0 Å². The second-order valence-electron chi connectivity index (χ2n) is 15.3. The van der Waals surface area contributed by atoms with E-state index in [9.17, 15) is 14.4 Å². The van der Waals surface area contributed by atoms with Crippen LogP contribution in [0.1, 0.15) is 194 Å². The summed E-state index contributed by atoms with van der Waals surface area (Å²) < 4.78 is 16.6. The molecule has 0 spiro atoms. The molecule has 0 aromatic carbocycles. The molecule has 0 saturated carbocycles. The minimum absolute atomic E-state index is 0.141. The zero-order chi connectivity index (χ0) is 43.7. The van der Waals surface area contributed by atoms with E-state index in [0.717, 1.165) is 64.2 Å². The highest BCUT2D eigenvalue weighted by Crippen LogP contribution is 2.10. The second-order valence-corrected chi connectivity index (χ2v) is 15.3. The van der Waals surface area contributed by atoms with Gasteiger partial charge in [-0.3, -0.25) is 14.4 Å². The third kappa shape index (κ3) is 45.2. The Bertz CT molecular complexity index is 1280. The van der Waals surface area contributed by atoms with Gasteiger partial charge in [-0.2, -0.15) is 0 Å². The van der Waals surface area contributed by atoms with Gasteiger partial charge in [-0.05, 0) is 103 Å². The van der Waals surface area contributed by atoms with Gasteiger partial charge in [0, 0.05) is 19.3 Å². The molecule has 0 aromatic rings. The van der Waals surface area contributed by atoms with Crippen LogP contribution in [0.5, 0.6) is 0 Å². The first kappa shape index (κ1) is 56.1. The van der Waals surface area contributed by atoms with E-state index < -0.39 is 12.1 Å². The van der Waals surface area contributed by atoms with Crippen LogP contribution in [0.3, 0.4) is 0 Å². The molecule has 0 aliphatic carbocycles. The van der Waals surface area contributed by atoms with Crippen LogP contribution in [0.25, 0.3) is 0 Å². The fourth-order valence-corrected chi connectivity index (χ4v) is 5.92. The van der Waals surface area contributed by atoms with Crippen molar-refractivity contribution in [2.24, 2.45) is 0 Å². The van der Waals surface area contributed by atoms with E-state index in [1.807, 2.05) is 12.2 Å². The molecule has 60 heavy (non-hydrogen) atoms. The van der Waals surface area contributed by atoms with Gasteiger partial charge in [0.15, 0.2) is 6.10 Å². The highest BCUT2D eigenvalue weighted by Gasteiger charge is 2.19. The summed E-state index contributed by atoms with van der Waals surface area (Å²) in [7, 11) is 0. The van der Waals surface area contributed by atoms with Crippen molar-refractivity contribution in [3.63, 3.8) is 0 Å². The van der Waals surface area contributed by atoms with Crippen LogP contribution < -0.4 is 0 Å². The van der Waals surface area contributed by atoms with E-state index in [1.54, 1.807) is 0 Å². The largest absolute Gasteiger partial charge is 0.462 e. The first-order valence-electron chi connectivity index (χ1n) is 23.9. The van der Waals surface area contributed by atoms with Gasteiger partial charge in [-0.25, -0.2) is 0 Å². The average molecular weight is 831 g/mol. The molecule has 0 fully saturated rings. The van der Waals surface area contributed by atoms with E-state index >= 15 is 0 Å². The van der Waals surface area contributed by atoms with Crippen LogP contribution in [0.2, 0.25) is 0 Å². The highest BCUT2D eigenvalue weighted by atomic mass is 16.6. The molecule has 0 heterocycles. The molecule has 0 saturated heterocycles. The van der Waals surface area contributed by atoms with Crippen molar-refractivity contribution in [1.29, 1.82) is 0 Å². The van der Waals surface area contributed by atoms with E-state index in [4.69, 9.17) is 14.2 Å². The molecule has 0 aliphatic rings. The Labute approximate surface area is 368 Å². The van der Waals surface area contributed by atoms with Gasteiger partial charge in [-0.1, -0.05) is 182 Å². The highest BCUT2D eigenvalue weighted by molar-refractivity contribution is 5.71. The monoisotopic (exact) mass is 831 g/mol. The predicted molar refractivity (Wildman–Crippen MR) is 256 cm³/mol. The summed E-state index contributed by atoms with van der Waals surface area (Å²) in [6.07, 6.45) is 63.9. The summed E-state index contributed by atoms with van der Waals surface area (Å²) in [5.41, 5.74) is 0. The van der Waals surface area contributed by atoms with Crippen LogP contribution >= 0.6 is 0 Å². The van der Waals surface area contributed by atoms with Gasteiger partial charge in [0.1, 0.15) is 13.2 Å². The number of allylic oxidation sites excluding steroid dienone is 18. The SMILES string of the molecule is CC/C=C\C/C=C\C/C=C\C/C=C\C/C=C\CCC(=O)OC(COC(=O)CCC/C=C\C/C=C\C/C=C\CCCCCCCC)COC(=O)CCC/C=C\CCCCCC. The minimum atomic E-state index is -0.848. The number of carbonyl (C=O) groups is 3. The van der Waals surface area contributed by atoms with Crippen LogP contribution in [-0.2, 0) is 28.6 Å². The third-order valence-corrected chi connectivity index (χ3v) is 9.49. The summed E-state index contributed by atoms with van der Waals surface area (Å²) in [5.74, 6) is -1.12. The number of hydrogen-bond donors (Lipinski definition) is 0. The smallest absolute Gasteiger partial charge is 0.306 e. The Morgan fingerprint density at radius 3 is 1.12 bits per heavy atom. The van der Waals surface area contributed by atoms with Crippen LogP contribution in [0.15, 0.2) is 109 Å². The fraction of sp³-hybridized carbons (Fsp3) is 0.611. The van der Waals surface area contributed by atoms with E-state index in [-0.39, 0.29) is 44.4 Å². The molecule has 0 bridgehead atoms. The molecule has 0 N–H and O–H groups in total. The normalized spacial score (nSPS) is 13.1. The molecule has 0 rings (SSSR count). The number of rotatable bonds is 41. The van der Waals surface area contributed by atoms with Gasteiger partial charge < -0.3 is 14.2 Å². The summed E-state index contributed by atoms with van der Waals surface area (Å²) >= 11 is 0. The molecule has 0 aliphatic heterocycles. The topological polar surface area (TPSA) is 78.9 Å². The predicted octanol–water partition coefficient (Wildman–Crippen LogP) is 15.6. The zero-order valence-electron chi connectivity index (χ0n) is 38.4. The van der Waals surface area contributed by atoms with Crippen molar-refractivity contribution >= 4 is 17.9 Å². The Hall–Kier alpha value is -3.93. The molecule has 338 valence electrons. The molecule has 0 aromatic heterocycles. The lowest BCUT2D eigenvalue weighted by atomic mass is 10.1. The number of hydrogen-bond acceptors (Lipinski definition) is 6. The number of unbranched alkanes of at least 4 members (excludes halogenated alkanes) is 12. The molecule has 6 nitrogen and oxygen atoms in total. The lowest BCUT2D eigenvalue weighted by Crippen LogP contribution is -2.30. The van der Waals surface area contributed by atoms with E-state index in [1.165, 1.54) is 70.6 Å². The fourth-order valence-electron chi connectivity index (χ4n) is 5.92. The Morgan fingerprint density at radius 2 is 0.683 bits per heavy atom. The Morgan fingerprint density at radius 1 is 0.350 bits per heavy atom. The second kappa shape index (κ2) is 47.7. The lowest BCUT2D eigenvalue weighted by molar-refractivity contribution is -0.166. The summed E-state index contributed by atoms with van der Waals surface area (Å²) in [5, 5.41) is 0. The Balaban J connectivity index is 4.58. The van der Waals surface area contributed by atoms with Crippen molar-refractivity contribution in [1.82, 2.24) is 0 Å². The first-order chi connectivity index (χ1) is 29.5. The van der Waals surface area contributed by atoms with Crippen molar-refractivity contribution in [3.05, 3.63) is 109 Å². The maximum Gasteiger partial charge on any atom is 0.306 e. The number of ether oxygens (including phenoxy) is 3. The number of carbonyl (C=O) groups excluding carboxylic acids is 3. The third-order valence-electron chi connectivity index (χ3n) is 9.49. The van der Waals surface area contributed by atoms with Gasteiger partial charge in [0.2, 0.25) is 0 Å². The molecule has 1 unspecified atom stereocenters. The van der Waals surface area contributed by atoms with Crippen molar-refractivity contribution in [2.75, 3.05) is 13.2 Å². The van der Waals surface area contributed by atoms with Gasteiger partial charge in [0.05, 0.1) is 0 Å². The molecule has 0 amide bonds. The maximum absolute atomic E-state index is 12.7. The summed E-state index contributed by atoms with van der Waals surface area (Å²) in [6.45, 7) is 6.32. The first-order valence-corrected chi connectivity index (χ1v) is 23.9. The van der Waals surface area contributed by atoms with E-state index in [0.29, 0.717) is 19.3 Å². The van der Waals surface area contributed by atoms with Crippen molar-refractivity contribution < 1.29 is 28.6 Å².